The summed E-state index contributed by atoms with van der Waals surface area (Å²) in [6.07, 6.45) is 5.97. The van der Waals surface area contributed by atoms with Gasteiger partial charge in [0.05, 0.1) is 18.5 Å². The highest BCUT2D eigenvalue weighted by Crippen LogP contribution is 2.19. The third kappa shape index (κ3) is 3.90. The lowest BCUT2D eigenvalue weighted by atomic mass is 9.98. The number of amides is 1. The molecule has 0 aromatic carbocycles. The number of carbonyl (C=O) groups is 1. The van der Waals surface area contributed by atoms with Gasteiger partial charge in [-0.3, -0.25) is 14.1 Å². The van der Waals surface area contributed by atoms with Gasteiger partial charge in [0.15, 0.2) is 0 Å². The average molecular weight is 366 g/mol. The fraction of sp³-hybridized carbons (Fsp3) is 0.429. The number of imidazole rings is 1. The molecule has 6 heteroatoms. The Kier molecular flexibility index (Phi) is 4.99. The van der Waals surface area contributed by atoms with Crippen molar-refractivity contribution in [3.63, 3.8) is 0 Å². The van der Waals surface area contributed by atoms with E-state index in [-0.39, 0.29) is 5.91 Å². The Morgan fingerprint density at radius 2 is 2.22 bits per heavy atom. The third-order valence-corrected chi connectivity index (χ3v) is 5.27. The Morgan fingerprint density at radius 1 is 1.33 bits per heavy atom. The molecule has 1 unspecified atom stereocenters. The van der Waals surface area contributed by atoms with Gasteiger partial charge >= 0.3 is 0 Å². The van der Waals surface area contributed by atoms with Crippen molar-refractivity contribution in [2.24, 2.45) is 5.92 Å². The van der Waals surface area contributed by atoms with E-state index in [4.69, 9.17) is 4.42 Å². The minimum absolute atomic E-state index is 0.0474. The normalized spacial score (nSPS) is 18.1. The molecule has 1 aliphatic heterocycles. The molecule has 1 aliphatic rings. The van der Waals surface area contributed by atoms with E-state index in [9.17, 15) is 4.79 Å². The van der Waals surface area contributed by atoms with E-state index in [0.717, 1.165) is 55.1 Å². The number of carbonyl (C=O) groups excluding carboxylic acids is 1. The number of aromatic nitrogens is 2. The second-order valence-corrected chi connectivity index (χ2v) is 7.51. The van der Waals surface area contributed by atoms with Crippen LogP contribution in [-0.4, -0.2) is 39.8 Å². The summed E-state index contributed by atoms with van der Waals surface area (Å²) in [5.41, 5.74) is 3.32. The summed E-state index contributed by atoms with van der Waals surface area (Å²) in [5.74, 6) is 1.41. The molecule has 0 aliphatic carbocycles. The highest BCUT2D eigenvalue weighted by molar-refractivity contribution is 5.94. The zero-order valence-electron chi connectivity index (χ0n) is 15.9. The van der Waals surface area contributed by atoms with E-state index < -0.39 is 0 Å². The molecule has 4 rings (SSSR count). The first-order chi connectivity index (χ1) is 13.1. The van der Waals surface area contributed by atoms with Gasteiger partial charge in [0.25, 0.3) is 5.91 Å². The van der Waals surface area contributed by atoms with Gasteiger partial charge in [-0.05, 0) is 62.9 Å². The Hall–Kier alpha value is -2.60. The fourth-order valence-electron chi connectivity index (χ4n) is 3.95. The zero-order chi connectivity index (χ0) is 18.8. The Bertz CT molecular complexity index is 929. The highest BCUT2D eigenvalue weighted by atomic mass is 16.3. The Morgan fingerprint density at radius 3 is 3.04 bits per heavy atom. The summed E-state index contributed by atoms with van der Waals surface area (Å²) < 4.78 is 7.35. The van der Waals surface area contributed by atoms with Crippen molar-refractivity contribution in [1.29, 1.82) is 0 Å². The Labute approximate surface area is 159 Å². The maximum absolute atomic E-state index is 12.8. The standard InChI is InChI=1S/C21H26N4O2/c1-15-7-8-19-23-16(2)20(25(19)12-15)21(26)22-11-17-5-3-9-24(13-17)14-18-6-4-10-27-18/h4,6-8,10,12,17H,3,5,9,11,13-14H2,1-2H3,(H,22,26). The highest BCUT2D eigenvalue weighted by Gasteiger charge is 2.23. The SMILES string of the molecule is Cc1ccc2nc(C)c(C(=O)NCC3CCCN(Cc4ccco4)C3)n2c1. The van der Waals surface area contributed by atoms with Crippen molar-refractivity contribution in [2.75, 3.05) is 19.6 Å². The monoisotopic (exact) mass is 366 g/mol. The smallest absolute Gasteiger partial charge is 0.270 e. The summed E-state index contributed by atoms with van der Waals surface area (Å²) in [5, 5.41) is 3.14. The van der Waals surface area contributed by atoms with Crippen molar-refractivity contribution < 1.29 is 9.21 Å². The first-order valence-corrected chi connectivity index (χ1v) is 9.58. The van der Waals surface area contributed by atoms with E-state index in [1.807, 2.05) is 48.7 Å². The molecular weight excluding hydrogens is 340 g/mol. The van der Waals surface area contributed by atoms with Gasteiger partial charge < -0.3 is 9.73 Å². The van der Waals surface area contributed by atoms with Crippen molar-refractivity contribution >= 4 is 11.6 Å². The molecule has 3 aromatic rings. The number of nitrogens with one attached hydrogen (secondary N) is 1. The predicted octanol–water partition coefficient (Wildman–Crippen LogP) is 3.19. The first kappa shape index (κ1) is 17.8. The third-order valence-electron chi connectivity index (χ3n) is 5.27. The lowest BCUT2D eigenvalue weighted by Gasteiger charge is -2.32. The van der Waals surface area contributed by atoms with Crippen LogP contribution >= 0.6 is 0 Å². The molecule has 0 saturated carbocycles. The molecule has 1 N–H and O–H groups in total. The number of furan rings is 1. The molecule has 27 heavy (non-hydrogen) atoms. The molecule has 3 aromatic heterocycles. The van der Waals surface area contributed by atoms with E-state index in [1.165, 1.54) is 0 Å². The largest absolute Gasteiger partial charge is 0.468 e. The second kappa shape index (κ2) is 7.56. The number of nitrogens with zero attached hydrogens (tertiary/aromatic N) is 3. The lowest BCUT2D eigenvalue weighted by Crippen LogP contribution is -2.40. The zero-order valence-corrected chi connectivity index (χ0v) is 15.9. The van der Waals surface area contributed by atoms with Crippen molar-refractivity contribution in [2.45, 2.75) is 33.2 Å². The number of pyridine rings is 1. The van der Waals surface area contributed by atoms with Gasteiger partial charge in [0, 0.05) is 19.3 Å². The molecule has 1 atom stereocenters. The summed E-state index contributed by atoms with van der Waals surface area (Å²) in [4.78, 5) is 19.7. The van der Waals surface area contributed by atoms with Gasteiger partial charge in [0.2, 0.25) is 0 Å². The predicted molar refractivity (Wildman–Crippen MR) is 104 cm³/mol. The maximum atomic E-state index is 12.8. The van der Waals surface area contributed by atoms with Crippen molar-refractivity contribution in [3.05, 3.63) is 59.4 Å². The van der Waals surface area contributed by atoms with Crippen LogP contribution in [0.15, 0.2) is 41.1 Å². The quantitative estimate of drug-likeness (QED) is 0.753. The fourth-order valence-corrected chi connectivity index (χ4v) is 3.95. The maximum Gasteiger partial charge on any atom is 0.270 e. The number of aryl methyl sites for hydroxylation is 2. The summed E-state index contributed by atoms with van der Waals surface area (Å²) in [6.45, 7) is 7.49. The molecule has 1 fully saturated rings. The van der Waals surface area contributed by atoms with Crippen molar-refractivity contribution in [1.82, 2.24) is 19.6 Å². The van der Waals surface area contributed by atoms with Gasteiger partial charge in [-0.15, -0.1) is 0 Å². The number of hydrogen-bond donors (Lipinski definition) is 1. The van der Waals surface area contributed by atoms with Crippen LogP contribution in [0.1, 0.15) is 40.3 Å². The number of rotatable bonds is 5. The molecular formula is C21H26N4O2. The number of piperidine rings is 1. The molecule has 4 heterocycles. The number of likely N-dealkylation sites (tertiary alicyclic amines) is 1. The molecule has 0 bridgehead atoms. The van der Waals surface area contributed by atoms with Crippen LogP contribution in [0.2, 0.25) is 0 Å². The van der Waals surface area contributed by atoms with Crippen LogP contribution in [-0.2, 0) is 6.54 Å². The summed E-state index contributed by atoms with van der Waals surface area (Å²) in [6, 6.07) is 7.91. The minimum atomic E-state index is -0.0474. The number of hydrogen-bond acceptors (Lipinski definition) is 4. The van der Waals surface area contributed by atoms with Gasteiger partial charge in [-0.25, -0.2) is 4.98 Å². The van der Waals surface area contributed by atoms with Gasteiger partial charge in [0.1, 0.15) is 17.1 Å². The summed E-state index contributed by atoms with van der Waals surface area (Å²) in [7, 11) is 0. The van der Waals surface area contributed by atoms with Gasteiger partial charge in [-0.1, -0.05) is 6.07 Å². The van der Waals surface area contributed by atoms with Crippen LogP contribution in [0, 0.1) is 19.8 Å². The molecule has 6 nitrogen and oxygen atoms in total. The van der Waals surface area contributed by atoms with Crippen LogP contribution in [0.5, 0.6) is 0 Å². The number of fused-ring (bicyclic) bond motifs is 1. The molecule has 0 spiro atoms. The lowest BCUT2D eigenvalue weighted by molar-refractivity contribution is 0.0922. The van der Waals surface area contributed by atoms with E-state index in [2.05, 4.69) is 15.2 Å². The van der Waals surface area contributed by atoms with Crippen LogP contribution in [0.4, 0.5) is 0 Å². The van der Waals surface area contributed by atoms with Crippen LogP contribution < -0.4 is 5.32 Å². The first-order valence-electron chi connectivity index (χ1n) is 9.58. The van der Waals surface area contributed by atoms with E-state index >= 15 is 0 Å². The molecule has 1 saturated heterocycles. The molecule has 1 amide bonds. The van der Waals surface area contributed by atoms with Gasteiger partial charge in [-0.2, -0.15) is 0 Å². The topological polar surface area (TPSA) is 62.8 Å². The molecule has 0 radical (unpaired) electrons. The minimum Gasteiger partial charge on any atom is -0.468 e. The van der Waals surface area contributed by atoms with E-state index in [1.54, 1.807) is 6.26 Å². The summed E-state index contributed by atoms with van der Waals surface area (Å²) >= 11 is 0. The average Bonchev–Trinajstić information content (AvgIpc) is 3.26. The Balaban J connectivity index is 1.39. The van der Waals surface area contributed by atoms with Crippen LogP contribution in [0.25, 0.3) is 5.65 Å². The van der Waals surface area contributed by atoms with Crippen molar-refractivity contribution in [3.8, 4) is 0 Å². The second-order valence-electron chi connectivity index (χ2n) is 7.51. The van der Waals surface area contributed by atoms with E-state index in [0.29, 0.717) is 18.2 Å². The molecule has 142 valence electrons. The van der Waals surface area contributed by atoms with Crippen LogP contribution in [0.3, 0.4) is 0 Å².